The number of rotatable bonds is 3. The first-order valence-electron chi connectivity index (χ1n) is 10.3. The Kier molecular flexibility index (Phi) is 3.08. The van der Waals surface area contributed by atoms with Gasteiger partial charge in [-0.3, -0.25) is 4.90 Å². The molecular weight excluding hydrogens is 324 g/mol. The Balaban J connectivity index is 1.59. The maximum Gasteiger partial charge on any atom is 0.113 e. The van der Waals surface area contributed by atoms with Crippen LogP contribution in [0.2, 0.25) is 0 Å². The van der Waals surface area contributed by atoms with Gasteiger partial charge < -0.3 is 14.4 Å². The second-order valence-electron chi connectivity index (χ2n) is 9.23. The highest BCUT2D eigenvalue weighted by atomic mass is 16.5. The van der Waals surface area contributed by atoms with Crippen molar-refractivity contribution in [3.8, 4) is 0 Å². The van der Waals surface area contributed by atoms with Crippen LogP contribution in [0.5, 0.6) is 0 Å². The molecule has 4 nitrogen and oxygen atoms in total. The van der Waals surface area contributed by atoms with E-state index in [-0.39, 0.29) is 11.6 Å². The number of anilines is 1. The molecule has 10 atom stereocenters. The first-order chi connectivity index (χ1) is 12.7. The van der Waals surface area contributed by atoms with Crippen LogP contribution in [0.1, 0.15) is 31.7 Å². The summed E-state index contributed by atoms with van der Waals surface area (Å²) in [6.45, 7) is 2.34. The summed E-state index contributed by atoms with van der Waals surface area (Å²) < 4.78 is 12.5. The van der Waals surface area contributed by atoms with Gasteiger partial charge in [-0.2, -0.15) is 0 Å². The number of para-hydroxylation sites is 1. The highest BCUT2D eigenvalue weighted by Crippen LogP contribution is 2.69. The van der Waals surface area contributed by atoms with Gasteiger partial charge >= 0.3 is 0 Å². The van der Waals surface area contributed by atoms with Gasteiger partial charge in [-0.25, -0.2) is 0 Å². The lowest BCUT2D eigenvalue weighted by Gasteiger charge is -2.63. The van der Waals surface area contributed by atoms with E-state index in [9.17, 15) is 0 Å². The molecule has 5 heterocycles. The fourth-order valence-corrected chi connectivity index (χ4v) is 8.47. The number of piperidine rings is 4. The number of nitrogens with zero attached hydrogens (tertiary/aromatic N) is 2. The van der Waals surface area contributed by atoms with Crippen LogP contribution in [0.3, 0.4) is 0 Å². The molecule has 5 bridgehead atoms. The Labute approximate surface area is 156 Å². The van der Waals surface area contributed by atoms with Crippen LogP contribution in [0.15, 0.2) is 24.3 Å². The third-order valence-corrected chi connectivity index (χ3v) is 8.89. The Hall–Kier alpha value is -1.10. The van der Waals surface area contributed by atoms with Gasteiger partial charge in [-0.1, -0.05) is 25.1 Å². The molecule has 4 heteroatoms. The van der Waals surface area contributed by atoms with Crippen molar-refractivity contribution in [1.82, 2.24) is 4.90 Å². The lowest BCUT2D eigenvalue weighted by Crippen LogP contribution is -2.73. The van der Waals surface area contributed by atoms with Crippen molar-refractivity contribution in [2.75, 3.05) is 26.2 Å². The maximum atomic E-state index is 6.39. The van der Waals surface area contributed by atoms with Crippen LogP contribution in [-0.4, -0.2) is 56.6 Å². The van der Waals surface area contributed by atoms with Gasteiger partial charge in [0, 0.05) is 56.3 Å². The molecule has 7 rings (SSSR count). The summed E-state index contributed by atoms with van der Waals surface area (Å²) in [4.78, 5) is 5.38. The normalized spacial score (nSPS) is 52.5. The van der Waals surface area contributed by atoms with Crippen molar-refractivity contribution < 1.29 is 9.47 Å². The quantitative estimate of drug-likeness (QED) is 0.833. The van der Waals surface area contributed by atoms with Gasteiger partial charge in [0.15, 0.2) is 0 Å². The highest BCUT2D eigenvalue weighted by molar-refractivity contribution is 5.67. The average molecular weight is 354 g/mol. The first kappa shape index (κ1) is 15.9. The minimum atomic E-state index is 0.159. The molecule has 1 aromatic rings. The Bertz CT molecular complexity index is 753. The van der Waals surface area contributed by atoms with Crippen molar-refractivity contribution in [2.45, 2.75) is 62.1 Å². The van der Waals surface area contributed by atoms with Gasteiger partial charge in [0.1, 0.15) is 6.23 Å². The van der Waals surface area contributed by atoms with Gasteiger partial charge in [-0.15, -0.1) is 0 Å². The van der Waals surface area contributed by atoms with E-state index in [0.29, 0.717) is 36.1 Å². The van der Waals surface area contributed by atoms with Crippen molar-refractivity contribution in [2.24, 2.45) is 17.8 Å². The minimum Gasteiger partial charge on any atom is -0.380 e. The smallest absolute Gasteiger partial charge is 0.113 e. The lowest BCUT2D eigenvalue weighted by molar-refractivity contribution is -0.223. The molecule has 0 N–H and O–H groups in total. The third kappa shape index (κ3) is 1.45. The fraction of sp³-hybridized carbons (Fsp3) is 0.727. The van der Waals surface area contributed by atoms with Crippen molar-refractivity contribution >= 4 is 5.69 Å². The SMILES string of the molecule is CC[C@H]1[C@@H]2C[C@H]3[C@@H]4N(C)c5ccccc5[C@]45C[C@@H](C2C5OC)N3[C@@H]1OC. The molecule has 140 valence electrons. The molecule has 1 saturated carbocycles. The van der Waals surface area contributed by atoms with E-state index >= 15 is 0 Å². The molecule has 6 aliphatic rings. The topological polar surface area (TPSA) is 24.9 Å². The van der Waals surface area contributed by atoms with Crippen LogP contribution in [0, 0.1) is 17.8 Å². The monoisotopic (exact) mass is 354 g/mol. The van der Waals surface area contributed by atoms with Crippen LogP contribution >= 0.6 is 0 Å². The number of likely N-dealkylation sites (N-methyl/N-ethyl adjacent to an activating group) is 1. The van der Waals surface area contributed by atoms with Gasteiger partial charge in [0.25, 0.3) is 0 Å². The van der Waals surface area contributed by atoms with Crippen LogP contribution in [0.25, 0.3) is 0 Å². The molecule has 5 aliphatic heterocycles. The van der Waals surface area contributed by atoms with Gasteiger partial charge in [0.2, 0.25) is 0 Å². The zero-order chi connectivity index (χ0) is 17.8. The number of hydrogen-bond donors (Lipinski definition) is 0. The van der Waals surface area contributed by atoms with Crippen molar-refractivity contribution in [3.63, 3.8) is 0 Å². The molecule has 0 aromatic heterocycles. The van der Waals surface area contributed by atoms with Crippen molar-refractivity contribution in [3.05, 3.63) is 29.8 Å². The average Bonchev–Trinajstić information content (AvgIpc) is 3.09. The number of ether oxygens (including phenoxy) is 2. The molecule has 0 amide bonds. The van der Waals surface area contributed by atoms with Crippen LogP contribution in [-0.2, 0) is 14.9 Å². The van der Waals surface area contributed by atoms with Gasteiger partial charge in [-0.05, 0) is 36.8 Å². The van der Waals surface area contributed by atoms with E-state index in [4.69, 9.17) is 9.47 Å². The molecule has 1 spiro atoms. The number of benzene rings is 1. The van der Waals surface area contributed by atoms with Crippen LogP contribution in [0.4, 0.5) is 5.69 Å². The third-order valence-electron chi connectivity index (χ3n) is 8.89. The van der Waals surface area contributed by atoms with E-state index in [1.807, 2.05) is 14.2 Å². The predicted octanol–water partition coefficient (Wildman–Crippen LogP) is 2.86. The van der Waals surface area contributed by atoms with Crippen LogP contribution < -0.4 is 4.90 Å². The van der Waals surface area contributed by atoms with Crippen molar-refractivity contribution in [1.29, 1.82) is 0 Å². The molecule has 5 fully saturated rings. The van der Waals surface area contributed by atoms with E-state index in [1.54, 1.807) is 5.56 Å². The lowest BCUT2D eigenvalue weighted by atomic mass is 9.62. The number of hydrogen-bond acceptors (Lipinski definition) is 4. The van der Waals surface area contributed by atoms with E-state index in [0.717, 1.165) is 5.92 Å². The number of methoxy groups -OCH3 is 2. The van der Waals surface area contributed by atoms with E-state index in [1.165, 1.54) is 24.9 Å². The Morgan fingerprint density at radius 1 is 1.15 bits per heavy atom. The predicted molar refractivity (Wildman–Crippen MR) is 101 cm³/mol. The zero-order valence-corrected chi connectivity index (χ0v) is 16.3. The van der Waals surface area contributed by atoms with Gasteiger partial charge in [0.05, 0.1) is 12.1 Å². The second kappa shape index (κ2) is 5.03. The largest absolute Gasteiger partial charge is 0.380 e. The molecule has 1 aromatic carbocycles. The summed E-state index contributed by atoms with van der Waals surface area (Å²) in [6.07, 6.45) is 4.36. The highest BCUT2D eigenvalue weighted by Gasteiger charge is 2.76. The fourth-order valence-electron chi connectivity index (χ4n) is 8.47. The Morgan fingerprint density at radius 3 is 2.69 bits per heavy atom. The summed E-state index contributed by atoms with van der Waals surface area (Å²) in [5.41, 5.74) is 3.12. The molecule has 26 heavy (non-hydrogen) atoms. The minimum absolute atomic E-state index is 0.159. The molecule has 1 aliphatic carbocycles. The Morgan fingerprint density at radius 2 is 1.96 bits per heavy atom. The standard InChI is InChI=1S/C22H30N2O2/c1-5-12-13-10-16-19-22(14-8-6-7-9-15(14)23(19)2)11-17(18(13)20(22)25-3)24(16)21(12)26-4/h6-9,12-13,16-21H,5,10-11H2,1-4H3/t12-,13-,16-,17-,18?,19-,20?,21+,22+/m0/s1. The maximum absolute atomic E-state index is 6.39. The molecule has 4 saturated heterocycles. The number of fused-ring (bicyclic) bond motifs is 2. The summed E-state index contributed by atoms with van der Waals surface area (Å²) in [5.74, 6) is 2.03. The zero-order valence-electron chi connectivity index (χ0n) is 16.3. The molecular formula is C22H30N2O2. The summed E-state index contributed by atoms with van der Waals surface area (Å²) in [7, 11) is 6.19. The summed E-state index contributed by atoms with van der Waals surface area (Å²) in [6, 6.07) is 10.8. The molecule has 0 radical (unpaired) electrons. The first-order valence-corrected chi connectivity index (χ1v) is 10.3. The summed E-state index contributed by atoms with van der Waals surface area (Å²) >= 11 is 0. The van der Waals surface area contributed by atoms with E-state index < -0.39 is 0 Å². The summed E-state index contributed by atoms with van der Waals surface area (Å²) in [5, 5.41) is 0. The second-order valence-corrected chi connectivity index (χ2v) is 9.23. The van der Waals surface area contributed by atoms with E-state index in [2.05, 4.69) is 48.0 Å². The molecule has 3 unspecified atom stereocenters.